The van der Waals surface area contributed by atoms with E-state index in [9.17, 15) is 9.59 Å². The molecule has 0 saturated carbocycles. The lowest BCUT2D eigenvalue weighted by Gasteiger charge is -2.09. The summed E-state index contributed by atoms with van der Waals surface area (Å²) in [5.41, 5.74) is 0.473. The van der Waals surface area contributed by atoms with Crippen LogP contribution in [0.15, 0.2) is 28.7 Å². The standard InChI is InChI=1S/C12H15BrN2O3/c1-8(16)6-14-11(17)7-15-12(18)9-4-2-3-5-10(9)13/h2-5,8,16H,6-7H2,1H3,(H,14,17)(H,15,18)/t8-/m1/s1. The lowest BCUT2D eigenvalue weighted by atomic mass is 10.2. The van der Waals surface area contributed by atoms with Gasteiger partial charge in [-0.2, -0.15) is 0 Å². The number of carbonyl (C=O) groups is 2. The number of hydrogen-bond acceptors (Lipinski definition) is 3. The van der Waals surface area contributed by atoms with Gasteiger partial charge < -0.3 is 15.7 Å². The van der Waals surface area contributed by atoms with Crippen molar-refractivity contribution in [1.82, 2.24) is 10.6 Å². The van der Waals surface area contributed by atoms with Gasteiger partial charge in [0.25, 0.3) is 5.91 Å². The summed E-state index contributed by atoms with van der Waals surface area (Å²) in [6.07, 6.45) is -0.604. The van der Waals surface area contributed by atoms with E-state index < -0.39 is 6.10 Å². The highest BCUT2D eigenvalue weighted by atomic mass is 79.9. The molecule has 1 aromatic carbocycles. The van der Waals surface area contributed by atoms with Crippen molar-refractivity contribution in [3.05, 3.63) is 34.3 Å². The molecule has 0 saturated heterocycles. The second-order valence-electron chi connectivity index (χ2n) is 3.82. The molecule has 18 heavy (non-hydrogen) atoms. The maximum atomic E-state index is 11.7. The summed E-state index contributed by atoms with van der Waals surface area (Å²) in [4.78, 5) is 23.1. The number of hydrogen-bond donors (Lipinski definition) is 3. The van der Waals surface area contributed by atoms with E-state index in [1.54, 1.807) is 31.2 Å². The fourth-order valence-electron chi connectivity index (χ4n) is 1.23. The Kier molecular flexibility index (Phi) is 5.80. The van der Waals surface area contributed by atoms with Crippen LogP contribution in [-0.4, -0.2) is 36.1 Å². The second-order valence-corrected chi connectivity index (χ2v) is 4.67. The highest BCUT2D eigenvalue weighted by Gasteiger charge is 2.10. The number of aliphatic hydroxyl groups excluding tert-OH is 1. The quantitative estimate of drug-likeness (QED) is 0.747. The minimum Gasteiger partial charge on any atom is -0.392 e. The van der Waals surface area contributed by atoms with E-state index in [4.69, 9.17) is 5.11 Å². The van der Waals surface area contributed by atoms with Crippen LogP contribution in [0.25, 0.3) is 0 Å². The zero-order valence-electron chi connectivity index (χ0n) is 9.94. The van der Waals surface area contributed by atoms with Gasteiger partial charge in [-0.1, -0.05) is 12.1 Å². The smallest absolute Gasteiger partial charge is 0.252 e. The fraction of sp³-hybridized carbons (Fsp3) is 0.333. The van der Waals surface area contributed by atoms with Crippen LogP contribution in [0.2, 0.25) is 0 Å². The molecule has 0 fully saturated rings. The SMILES string of the molecule is C[C@@H](O)CNC(=O)CNC(=O)c1ccccc1Br. The Balaban J connectivity index is 2.42. The van der Waals surface area contributed by atoms with Crippen LogP contribution in [0.1, 0.15) is 17.3 Å². The lowest BCUT2D eigenvalue weighted by molar-refractivity contribution is -0.120. The molecule has 0 spiro atoms. The minimum absolute atomic E-state index is 0.118. The molecule has 0 unspecified atom stereocenters. The molecule has 1 aromatic rings. The first-order valence-corrected chi connectivity index (χ1v) is 6.27. The average molecular weight is 315 g/mol. The van der Waals surface area contributed by atoms with Crippen molar-refractivity contribution in [3.63, 3.8) is 0 Å². The van der Waals surface area contributed by atoms with Gasteiger partial charge in [0.2, 0.25) is 5.91 Å². The Morgan fingerprint density at radius 2 is 2.00 bits per heavy atom. The molecule has 1 rings (SSSR count). The summed E-state index contributed by atoms with van der Waals surface area (Å²) < 4.78 is 0.673. The Bertz CT molecular complexity index is 435. The summed E-state index contributed by atoms with van der Waals surface area (Å²) in [7, 11) is 0. The van der Waals surface area contributed by atoms with Crippen molar-refractivity contribution in [1.29, 1.82) is 0 Å². The Morgan fingerprint density at radius 1 is 1.33 bits per heavy atom. The summed E-state index contributed by atoms with van der Waals surface area (Å²) in [5.74, 6) is -0.661. The van der Waals surface area contributed by atoms with Crippen molar-refractivity contribution < 1.29 is 14.7 Å². The van der Waals surface area contributed by atoms with Gasteiger partial charge in [-0.15, -0.1) is 0 Å². The number of aliphatic hydroxyl groups is 1. The van der Waals surface area contributed by atoms with Crippen LogP contribution < -0.4 is 10.6 Å². The molecule has 3 N–H and O–H groups in total. The molecule has 0 aliphatic heterocycles. The van der Waals surface area contributed by atoms with E-state index in [0.29, 0.717) is 10.0 Å². The normalized spacial score (nSPS) is 11.7. The van der Waals surface area contributed by atoms with Crippen LogP contribution in [0.5, 0.6) is 0 Å². The predicted octanol–water partition coefficient (Wildman–Crippen LogP) is 0.676. The lowest BCUT2D eigenvalue weighted by Crippen LogP contribution is -2.39. The molecule has 6 heteroatoms. The molecular formula is C12H15BrN2O3. The maximum absolute atomic E-state index is 11.7. The summed E-state index contributed by atoms with van der Waals surface area (Å²) in [6.45, 7) is 1.62. The molecular weight excluding hydrogens is 300 g/mol. The fourth-order valence-corrected chi connectivity index (χ4v) is 1.69. The first-order chi connectivity index (χ1) is 8.50. The molecule has 0 aliphatic rings. The molecule has 0 radical (unpaired) electrons. The van der Waals surface area contributed by atoms with Crippen LogP contribution in [-0.2, 0) is 4.79 Å². The van der Waals surface area contributed by atoms with Crippen molar-refractivity contribution in [3.8, 4) is 0 Å². The zero-order chi connectivity index (χ0) is 13.5. The Labute approximate surface area is 114 Å². The van der Waals surface area contributed by atoms with Gasteiger partial charge in [-0.3, -0.25) is 9.59 Å². The highest BCUT2D eigenvalue weighted by molar-refractivity contribution is 9.10. The van der Waals surface area contributed by atoms with E-state index in [1.807, 2.05) is 0 Å². The second kappa shape index (κ2) is 7.13. The van der Waals surface area contributed by atoms with E-state index in [-0.39, 0.29) is 24.9 Å². The summed E-state index contributed by atoms with van der Waals surface area (Å²) in [5, 5.41) is 14.0. The van der Waals surface area contributed by atoms with Gasteiger partial charge in [0.05, 0.1) is 18.2 Å². The number of amides is 2. The predicted molar refractivity (Wildman–Crippen MR) is 71.2 cm³/mol. The Morgan fingerprint density at radius 3 is 2.61 bits per heavy atom. The molecule has 5 nitrogen and oxygen atoms in total. The zero-order valence-corrected chi connectivity index (χ0v) is 11.5. The first-order valence-electron chi connectivity index (χ1n) is 5.48. The van der Waals surface area contributed by atoms with E-state index in [1.165, 1.54) is 0 Å². The van der Waals surface area contributed by atoms with Crippen molar-refractivity contribution >= 4 is 27.7 Å². The largest absolute Gasteiger partial charge is 0.392 e. The summed E-state index contributed by atoms with van der Waals surface area (Å²) >= 11 is 3.26. The van der Waals surface area contributed by atoms with Gasteiger partial charge in [0, 0.05) is 11.0 Å². The number of nitrogens with one attached hydrogen (secondary N) is 2. The number of benzene rings is 1. The molecule has 98 valence electrons. The van der Waals surface area contributed by atoms with Crippen LogP contribution in [0.4, 0.5) is 0 Å². The minimum atomic E-state index is -0.604. The molecule has 0 aromatic heterocycles. The molecule has 1 atom stereocenters. The third kappa shape index (κ3) is 4.85. The highest BCUT2D eigenvalue weighted by Crippen LogP contribution is 2.15. The van der Waals surface area contributed by atoms with Gasteiger partial charge in [-0.05, 0) is 35.0 Å². The molecule has 0 heterocycles. The van der Waals surface area contributed by atoms with Crippen molar-refractivity contribution in [2.24, 2.45) is 0 Å². The van der Waals surface area contributed by atoms with Crippen LogP contribution in [0.3, 0.4) is 0 Å². The number of halogens is 1. The third-order valence-electron chi connectivity index (χ3n) is 2.12. The van der Waals surface area contributed by atoms with Gasteiger partial charge in [-0.25, -0.2) is 0 Å². The molecule has 0 bridgehead atoms. The van der Waals surface area contributed by atoms with Gasteiger partial charge >= 0.3 is 0 Å². The number of rotatable bonds is 5. The van der Waals surface area contributed by atoms with Crippen molar-refractivity contribution in [2.75, 3.05) is 13.1 Å². The maximum Gasteiger partial charge on any atom is 0.252 e. The van der Waals surface area contributed by atoms with E-state index >= 15 is 0 Å². The number of carbonyl (C=O) groups excluding carboxylic acids is 2. The van der Waals surface area contributed by atoms with Gasteiger partial charge in [0.15, 0.2) is 0 Å². The van der Waals surface area contributed by atoms with E-state index in [2.05, 4.69) is 26.6 Å². The van der Waals surface area contributed by atoms with E-state index in [0.717, 1.165) is 0 Å². The topological polar surface area (TPSA) is 78.4 Å². The Hall–Kier alpha value is -1.40. The van der Waals surface area contributed by atoms with Crippen molar-refractivity contribution in [2.45, 2.75) is 13.0 Å². The average Bonchev–Trinajstić information content (AvgIpc) is 2.34. The van der Waals surface area contributed by atoms with Crippen LogP contribution in [0, 0.1) is 0 Å². The molecule has 2 amide bonds. The van der Waals surface area contributed by atoms with Gasteiger partial charge in [0.1, 0.15) is 0 Å². The monoisotopic (exact) mass is 314 g/mol. The third-order valence-corrected chi connectivity index (χ3v) is 2.81. The first kappa shape index (κ1) is 14.7. The summed E-state index contributed by atoms with van der Waals surface area (Å²) in [6, 6.07) is 6.96. The van der Waals surface area contributed by atoms with Crippen LogP contribution >= 0.6 is 15.9 Å². The molecule has 0 aliphatic carbocycles.